The number of ether oxygens (including phenoxy) is 2. The molecule has 1 aromatic heterocycles. The van der Waals surface area contributed by atoms with Gasteiger partial charge in [0.25, 0.3) is 5.91 Å². The standard InChI is InChI=1S/C25H22N2O3/c1-29-21-12-14-22(15-13-21)30-18-25(28)27(24-11-4-5-16-26-24)17-20-9-6-8-19-7-2-3-10-23(19)20/h2-16H,17-18H2,1H3. The van der Waals surface area contributed by atoms with Crippen LogP contribution in [0.25, 0.3) is 10.8 Å². The predicted octanol–water partition coefficient (Wildman–Crippen LogP) is 4.86. The molecule has 5 nitrogen and oxygen atoms in total. The van der Waals surface area contributed by atoms with E-state index < -0.39 is 0 Å². The Morgan fingerprint density at radius 3 is 2.37 bits per heavy atom. The maximum Gasteiger partial charge on any atom is 0.266 e. The third-order valence-electron chi connectivity index (χ3n) is 4.86. The van der Waals surface area contributed by atoms with Gasteiger partial charge in [0.2, 0.25) is 0 Å². The van der Waals surface area contributed by atoms with E-state index in [2.05, 4.69) is 23.2 Å². The van der Waals surface area contributed by atoms with Crippen molar-refractivity contribution in [3.05, 3.63) is 96.7 Å². The number of hydrogen-bond acceptors (Lipinski definition) is 4. The number of benzene rings is 3. The third-order valence-corrected chi connectivity index (χ3v) is 4.86. The maximum absolute atomic E-state index is 13.1. The van der Waals surface area contributed by atoms with Gasteiger partial charge in [-0.1, -0.05) is 48.5 Å². The van der Waals surface area contributed by atoms with Crippen molar-refractivity contribution in [2.45, 2.75) is 6.54 Å². The summed E-state index contributed by atoms with van der Waals surface area (Å²) in [7, 11) is 1.61. The van der Waals surface area contributed by atoms with Crippen molar-refractivity contribution < 1.29 is 14.3 Å². The van der Waals surface area contributed by atoms with Gasteiger partial charge in [0.1, 0.15) is 17.3 Å². The minimum absolute atomic E-state index is 0.0896. The normalized spacial score (nSPS) is 10.6. The zero-order valence-electron chi connectivity index (χ0n) is 16.7. The number of hydrogen-bond donors (Lipinski definition) is 0. The van der Waals surface area contributed by atoms with E-state index in [1.54, 1.807) is 42.5 Å². The first-order valence-corrected chi connectivity index (χ1v) is 9.69. The molecule has 0 saturated carbocycles. The van der Waals surface area contributed by atoms with Gasteiger partial charge in [-0.2, -0.15) is 0 Å². The molecule has 0 unspecified atom stereocenters. The first kappa shape index (κ1) is 19.5. The fourth-order valence-electron chi connectivity index (χ4n) is 3.31. The molecule has 0 aliphatic heterocycles. The van der Waals surface area contributed by atoms with Crippen molar-refractivity contribution >= 4 is 22.5 Å². The van der Waals surface area contributed by atoms with Crippen LogP contribution in [0.5, 0.6) is 11.5 Å². The number of pyridine rings is 1. The Morgan fingerprint density at radius 1 is 0.867 bits per heavy atom. The number of nitrogens with zero attached hydrogens (tertiary/aromatic N) is 2. The number of aromatic nitrogens is 1. The lowest BCUT2D eigenvalue weighted by Crippen LogP contribution is -2.35. The zero-order valence-corrected chi connectivity index (χ0v) is 16.7. The summed E-state index contributed by atoms with van der Waals surface area (Å²) in [5.41, 5.74) is 1.05. The van der Waals surface area contributed by atoms with Crippen LogP contribution >= 0.6 is 0 Å². The third kappa shape index (κ3) is 4.41. The molecule has 4 rings (SSSR count). The summed E-state index contributed by atoms with van der Waals surface area (Å²) in [5.74, 6) is 1.77. The number of rotatable bonds is 7. The molecule has 1 amide bonds. The van der Waals surface area contributed by atoms with Crippen LogP contribution in [0, 0.1) is 0 Å². The van der Waals surface area contributed by atoms with E-state index >= 15 is 0 Å². The van der Waals surface area contributed by atoms with Gasteiger partial charge in [-0.05, 0) is 52.7 Å². The lowest BCUT2D eigenvalue weighted by atomic mass is 10.0. The quantitative estimate of drug-likeness (QED) is 0.446. The summed E-state index contributed by atoms with van der Waals surface area (Å²) in [5, 5.41) is 2.25. The maximum atomic E-state index is 13.1. The van der Waals surface area contributed by atoms with Crippen molar-refractivity contribution in [1.82, 2.24) is 4.98 Å². The Balaban J connectivity index is 1.57. The minimum Gasteiger partial charge on any atom is -0.497 e. The van der Waals surface area contributed by atoms with Crippen LogP contribution in [-0.2, 0) is 11.3 Å². The molecule has 0 radical (unpaired) electrons. The van der Waals surface area contributed by atoms with Crippen LogP contribution in [0.2, 0.25) is 0 Å². The molecular formula is C25H22N2O3. The Labute approximate surface area is 175 Å². The van der Waals surface area contributed by atoms with E-state index in [9.17, 15) is 4.79 Å². The van der Waals surface area contributed by atoms with E-state index in [1.807, 2.05) is 42.5 Å². The molecule has 0 N–H and O–H groups in total. The molecule has 5 heteroatoms. The first-order chi connectivity index (χ1) is 14.7. The van der Waals surface area contributed by atoms with E-state index in [4.69, 9.17) is 9.47 Å². The van der Waals surface area contributed by atoms with Crippen molar-refractivity contribution in [1.29, 1.82) is 0 Å². The van der Waals surface area contributed by atoms with Gasteiger partial charge in [-0.15, -0.1) is 0 Å². The number of fused-ring (bicyclic) bond motifs is 1. The molecule has 150 valence electrons. The highest BCUT2D eigenvalue weighted by molar-refractivity contribution is 5.94. The molecular weight excluding hydrogens is 376 g/mol. The summed E-state index contributed by atoms with van der Waals surface area (Å²) < 4.78 is 10.9. The lowest BCUT2D eigenvalue weighted by Gasteiger charge is -2.23. The van der Waals surface area contributed by atoms with Crippen molar-refractivity contribution in [3.63, 3.8) is 0 Å². The number of amides is 1. The van der Waals surface area contributed by atoms with Crippen LogP contribution in [0.1, 0.15) is 5.56 Å². The van der Waals surface area contributed by atoms with Crippen LogP contribution in [-0.4, -0.2) is 24.6 Å². The first-order valence-electron chi connectivity index (χ1n) is 9.69. The summed E-state index contributed by atoms with van der Waals surface area (Å²) >= 11 is 0. The fourth-order valence-corrected chi connectivity index (χ4v) is 3.31. The SMILES string of the molecule is COc1ccc(OCC(=O)N(Cc2cccc3ccccc23)c2ccccn2)cc1. The van der Waals surface area contributed by atoms with Gasteiger partial charge in [-0.3, -0.25) is 9.69 Å². The van der Waals surface area contributed by atoms with Gasteiger partial charge in [0.15, 0.2) is 6.61 Å². The molecule has 0 bridgehead atoms. The fraction of sp³-hybridized carbons (Fsp3) is 0.120. The molecule has 0 fully saturated rings. The van der Waals surface area contributed by atoms with Gasteiger partial charge in [0, 0.05) is 6.20 Å². The highest BCUT2D eigenvalue weighted by Gasteiger charge is 2.19. The average molecular weight is 398 g/mol. The molecule has 0 aliphatic rings. The van der Waals surface area contributed by atoms with Crippen molar-refractivity contribution in [2.75, 3.05) is 18.6 Å². The average Bonchev–Trinajstić information content (AvgIpc) is 2.82. The van der Waals surface area contributed by atoms with Crippen molar-refractivity contribution in [2.24, 2.45) is 0 Å². The lowest BCUT2D eigenvalue weighted by molar-refractivity contribution is -0.120. The molecule has 30 heavy (non-hydrogen) atoms. The summed E-state index contributed by atoms with van der Waals surface area (Å²) in [4.78, 5) is 19.2. The predicted molar refractivity (Wildman–Crippen MR) is 118 cm³/mol. The van der Waals surface area contributed by atoms with Gasteiger partial charge < -0.3 is 9.47 Å². The summed E-state index contributed by atoms with van der Waals surface area (Å²) in [6.45, 7) is 0.316. The minimum atomic E-state index is -0.169. The number of anilines is 1. The van der Waals surface area contributed by atoms with Crippen LogP contribution in [0.15, 0.2) is 91.1 Å². The molecule has 3 aromatic carbocycles. The van der Waals surface area contributed by atoms with E-state index in [0.717, 1.165) is 22.1 Å². The van der Waals surface area contributed by atoms with Crippen LogP contribution in [0.3, 0.4) is 0 Å². The Bertz CT molecular complexity index is 1120. The summed E-state index contributed by atoms with van der Waals surface area (Å²) in [6.07, 6.45) is 1.68. The van der Waals surface area contributed by atoms with E-state index in [1.165, 1.54) is 0 Å². The van der Waals surface area contributed by atoms with Crippen LogP contribution < -0.4 is 14.4 Å². The second-order valence-corrected chi connectivity index (χ2v) is 6.77. The molecule has 0 spiro atoms. The second-order valence-electron chi connectivity index (χ2n) is 6.77. The zero-order chi connectivity index (χ0) is 20.8. The van der Waals surface area contributed by atoms with E-state index in [-0.39, 0.29) is 12.5 Å². The Hall–Kier alpha value is -3.86. The number of methoxy groups -OCH3 is 1. The Kier molecular flexibility index (Phi) is 5.90. The monoisotopic (exact) mass is 398 g/mol. The molecule has 4 aromatic rings. The Morgan fingerprint density at radius 2 is 1.60 bits per heavy atom. The number of carbonyl (C=O) groups excluding carboxylic acids is 1. The van der Waals surface area contributed by atoms with Gasteiger partial charge in [0.05, 0.1) is 13.7 Å². The topological polar surface area (TPSA) is 51.7 Å². The largest absolute Gasteiger partial charge is 0.497 e. The molecule has 0 saturated heterocycles. The molecule has 0 atom stereocenters. The highest BCUT2D eigenvalue weighted by Crippen LogP contribution is 2.23. The van der Waals surface area contributed by atoms with Crippen molar-refractivity contribution in [3.8, 4) is 11.5 Å². The van der Waals surface area contributed by atoms with Gasteiger partial charge >= 0.3 is 0 Å². The second kappa shape index (κ2) is 9.09. The van der Waals surface area contributed by atoms with Gasteiger partial charge in [-0.25, -0.2) is 4.98 Å². The smallest absolute Gasteiger partial charge is 0.266 e. The van der Waals surface area contributed by atoms with Crippen LogP contribution in [0.4, 0.5) is 5.82 Å². The summed E-state index contributed by atoms with van der Waals surface area (Å²) in [6, 6.07) is 27.0. The number of carbonyl (C=O) groups is 1. The van der Waals surface area contributed by atoms with E-state index in [0.29, 0.717) is 18.1 Å². The molecule has 1 heterocycles. The highest BCUT2D eigenvalue weighted by atomic mass is 16.5. The molecule has 0 aliphatic carbocycles.